The topological polar surface area (TPSA) is 62.3 Å². The Labute approximate surface area is 160 Å². The number of piperidine rings is 1. The van der Waals surface area contributed by atoms with E-state index >= 15 is 0 Å². The van der Waals surface area contributed by atoms with Crippen LogP contribution in [-0.2, 0) is 11.0 Å². The van der Waals surface area contributed by atoms with Crippen molar-refractivity contribution in [3.63, 3.8) is 0 Å². The lowest BCUT2D eigenvalue weighted by Gasteiger charge is -2.31. The molecule has 1 aliphatic rings. The first-order valence-corrected chi connectivity index (χ1v) is 8.94. The molecule has 1 saturated heterocycles. The van der Waals surface area contributed by atoms with E-state index in [9.17, 15) is 22.8 Å². The highest BCUT2D eigenvalue weighted by Gasteiger charge is 2.31. The lowest BCUT2D eigenvalue weighted by molar-refractivity contribution is -0.137. The predicted octanol–water partition coefficient (Wildman–Crippen LogP) is 3.90. The quantitative estimate of drug-likeness (QED) is 0.863. The van der Waals surface area contributed by atoms with Crippen LogP contribution in [0.25, 0.3) is 0 Å². The molecule has 0 atom stereocenters. The Morgan fingerprint density at radius 3 is 2.32 bits per heavy atom. The van der Waals surface area contributed by atoms with Gasteiger partial charge in [0, 0.05) is 30.8 Å². The molecule has 0 radical (unpaired) electrons. The third-order valence-electron chi connectivity index (χ3n) is 4.78. The Morgan fingerprint density at radius 2 is 1.75 bits per heavy atom. The molecule has 5 nitrogen and oxygen atoms in total. The summed E-state index contributed by atoms with van der Waals surface area (Å²) in [5.41, 5.74) is 0.409. The van der Waals surface area contributed by atoms with Gasteiger partial charge in [0.25, 0.3) is 5.91 Å². The number of carbonyl (C=O) groups excluding carboxylic acids is 2. The molecule has 0 unspecified atom stereocenters. The first-order valence-electron chi connectivity index (χ1n) is 8.94. The summed E-state index contributed by atoms with van der Waals surface area (Å²) in [4.78, 5) is 30.6. The van der Waals surface area contributed by atoms with E-state index in [0.29, 0.717) is 31.7 Å². The zero-order valence-electron chi connectivity index (χ0n) is 15.3. The van der Waals surface area contributed by atoms with Crippen molar-refractivity contribution in [1.29, 1.82) is 0 Å². The number of hydrogen-bond donors (Lipinski definition) is 1. The molecule has 3 rings (SSSR count). The summed E-state index contributed by atoms with van der Waals surface area (Å²) >= 11 is 0. The molecular weight excluding hydrogens is 371 g/mol. The molecule has 1 aromatic heterocycles. The Kier molecular flexibility index (Phi) is 5.67. The second-order valence-corrected chi connectivity index (χ2v) is 6.85. The molecule has 2 heterocycles. The number of carbonyl (C=O) groups is 2. The van der Waals surface area contributed by atoms with Gasteiger partial charge in [-0.15, -0.1) is 0 Å². The van der Waals surface area contributed by atoms with Crippen molar-refractivity contribution < 1.29 is 22.8 Å². The SMILES string of the molecule is Cc1ccnc(NC(=O)C2CCN(C(=O)c3ccc(C(F)(F)F)cc3)CC2)c1. The Hall–Kier alpha value is -2.90. The first kappa shape index (κ1) is 19.9. The van der Waals surface area contributed by atoms with E-state index in [-0.39, 0.29) is 23.3 Å². The number of nitrogens with one attached hydrogen (secondary N) is 1. The number of likely N-dealkylation sites (tertiary alicyclic amines) is 1. The van der Waals surface area contributed by atoms with E-state index in [1.54, 1.807) is 17.2 Å². The van der Waals surface area contributed by atoms with Gasteiger partial charge in [0.1, 0.15) is 5.82 Å². The van der Waals surface area contributed by atoms with E-state index in [4.69, 9.17) is 0 Å². The number of pyridine rings is 1. The second kappa shape index (κ2) is 8.00. The van der Waals surface area contributed by atoms with Crippen molar-refractivity contribution in [1.82, 2.24) is 9.88 Å². The van der Waals surface area contributed by atoms with Gasteiger partial charge >= 0.3 is 6.18 Å². The highest BCUT2D eigenvalue weighted by Crippen LogP contribution is 2.29. The van der Waals surface area contributed by atoms with Crippen molar-refractivity contribution in [2.24, 2.45) is 5.92 Å². The van der Waals surface area contributed by atoms with Crippen molar-refractivity contribution in [2.75, 3.05) is 18.4 Å². The summed E-state index contributed by atoms with van der Waals surface area (Å²) in [6.45, 7) is 2.65. The van der Waals surface area contributed by atoms with Crippen molar-refractivity contribution >= 4 is 17.6 Å². The molecule has 1 fully saturated rings. The average molecular weight is 391 g/mol. The lowest BCUT2D eigenvalue weighted by Crippen LogP contribution is -2.41. The largest absolute Gasteiger partial charge is 0.416 e. The molecule has 0 spiro atoms. The monoisotopic (exact) mass is 391 g/mol. The number of nitrogens with zero attached hydrogens (tertiary/aromatic N) is 2. The van der Waals surface area contributed by atoms with Crippen LogP contribution in [0.15, 0.2) is 42.6 Å². The van der Waals surface area contributed by atoms with E-state index in [2.05, 4.69) is 10.3 Å². The third-order valence-corrected chi connectivity index (χ3v) is 4.78. The summed E-state index contributed by atoms with van der Waals surface area (Å²) in [6, 6.07) is 7.80. The van der Waals surface area contributed by atoms with Crippen LogP contribution < -0.4 is 5.32 Å². The maximum Gasteiger partial charge on any atom is 0.416 e. The molecular formula is C20H20F3N3O2. The number of aromatic nitrogens is 1. The number of halogens is 3. The van der Waals surface area contributed by atoms with Crippen LogP contribution in [0.3, 0.4) is 0 Å². The van der Waals surface area contributed by atoms with E-state index < -0.39 is 11.7 Å². The van der Waals surface area contributed by atoms with Crippen LogP contribution in [0.1, 0.15) is 34.3 Å². The summed E-state index contributed by atoms with van der Waals surface area (Å²) in [6.07, 6.45) is -1.83. The summed E-state index contributed by atoms with van der Waals surface area (Å²) in [5.74, 6) is -0.208. The Bertz CT molecular complexity index is 858. The summed E-state index contributed by atoms with van der Waals surface area (Å²) in [5, 5.41) is 2.79. The van der Waals surface area contributed by atoms with Crippen molar-refractivity contribution in [3.8, 4) is 0 Å². The number of aryl methyl sites for hydroxylation is 1. The minimum atomic E-state index is -4.43. The smallest absolute Gasteiger partial charge is 0.339 e. The number of hydrogen-bond acceptors (Lipinski definition) is 3. The average Bonchev–Trinajstić information content (AvgIpc) is 2.67. The van der Waals surface area contributed by atoms with Crippen LogP contribution in [0, 0.1) is 12.8 Å². The minimum Gasteiger partial charge on any atom is -0.339 e. The lowest BCUT2D eigenvalue weighted by atomic mass is 9.95. The summed E-state index contributed by atoms with van der Waals surface area (Å²) < 4.78 is 37.9. The van der Waals surface area contributed by atoms with E-state index in [1.807, 2.05) is 13.0 Å². The minimum absolute atomic E-state index is 0.139. The molecule has 148 valence electrons. The predicted molar refractivity (Wildman–Crippen MR) is 97.7 cm³/mol. The number of benzene rings is 1. The van der Waals surface area contributed by atoms with Crippen LogP contribution in [0.4, 0.5) is 19.0 Å². The van der Waals surface area contributed by atoms with Gasteiger partial charge in [-0.25, -0.2) is 4.98 Å². The van der Waals surface area contributed by atoms with Gasteiger partial charge in [-0.05, 0) is 61.7 Å². The molecule has 2 aromatic rings. The van der Waals surface area contributed by atoms with Gasteiger partial charge in [0.2, 0.25) is 5.91 Å². The fraction of sp³-hybridized carbons (Fsp3) is 0.350. The highest BCUT2D eigenvalue weighted by molar-refractivity contribution is 5.95. The van der Waals surface area contributed by atoms with Crippen molar-refractivity contribution in [2.45, 2.75) is 25.9 Å². The third kappa shape index (κ3) is 4.68. The van der Waals surface area contributed by atoms with Gasteiger partial charge in [-0.2, -0.15) is 13.2 Å². The summed E-state index contributed by atoms with van der Waals surface area (Å²) in [7, 11) is 0. The fourth-order valence-electron chi connectivity index (χ4n) is 3.16. The van der Waals surface area contributed by atoms with E-state index in [0.717, 1.165) is 17.7 Å². The number of anilines is 1. The van der Waals surface area contributed by atoms with Gasteiger partial charge in [-0.1, -0.05) is 0 Å². The molecule has 0 saturated carbocycles. The molecule has 2 amide bonds. The maximum atomic E-state index is 12.6. The van der Waals surface area contributed by atoms with Crippen LogP contribution in [0.5, 0.6) is 0 Å². The zero-order chi connectivity index (χ0) is 20.3. The first-order chi connectivity index (χ1) is 13.2. The Morgan fingerprint density at radius 1 is 1.11 bits per heavy atom. The normalized spacial score (nSPS) is 15.4. The molecule has 1 N–H and O–H groups in total. The highest BCUT2D eigenvalue weighted by atomic mass is 19.4. The number of amides is 2. The molecule has 0 bridgehead atoms. The molecule has 28 heavy (non-hydrogen) atoms. The molecule has 0 aliphatic carbocycles. The van der Waals surface area contributed by atoms with E-state index in [1.165, 1.54) is 12.1 Å². The fourth-order valence-corrected chi connectivity index (χ4v) is 3.16. The molecule has 1 aliphatic heterocycles. The second-order valence-electron chi connectivity index (χ2n) is 6.85. The van der Waals surface area contributed by atoms with Crippen molar-refractivity contribution in [3.05, 3.63) is 59.3 Å². The molecule has 8 heteroatoms. The van der Waals surface area contributed by atoms with Crippen LogP contribution >= 0.6 is 0 Å². The van der Waals surface area contributed by atoms with Crippen LogP contribution in [-0.4, -0.2) is 34.8 Å². The number of rotatable bonds is 3. The van der Waals surface area contributed by atoms with Gasteiger partial charge in [0.05, 0.1) is 5.56 Å². The maximum absolute atomic E-state index is 12.6. The standard InChI is InChI=1S/C20H20F3N3O2/c1-13-6-9-24-17(12-13)25-18(27)14-7-10-26(11-8-14)19(28)15-2-4-16(5-3-15)20(21,22)23/h2-6,9,12,14H,7-8,10-11H2,1H3,(H,24,25,27). The zero-order valence-corrected chi connectivity index (χ0v) is 15.3. The number of alkyl halides is 3. The Balaban J connectivity index is 1.56. The molecule has 1 aromatic carbocycles. The van der Waals surface area contributed by atoms with Gasteiger partial charge < -0.3 is 10.2 Å². The van der Waals surface area contributed by atoms with Crippen LogP contribution in [0.2, 0.25) is 0 Å². The van der Waals surface area contributed by atoms with Gasteiger partial charge in [0.15, 0.2) is 0 Å². The van der Waals surface area contributed by atoms with Gasteiger partial charge in [-0.3, -0.25) is 9.59 Å².